The molecule has 0 atom stereocenters. The van der Waals surface area contributed by atoms with Crippen LogP contribution in [0.5, 0.6) is 0 Å². The van der Waals surface area contributed by atoms with Crippen molar-refractivity contribution >= 4 is 9.84 Å². The van der Waals surface area contributed by atoms with Crippen LogP contribution in [0.2, 0.25) is 0 Å². The van der Waals surface area contributed by atoms with E-state index in [4.69, 9.17) is 5.73 Å². The molecule has 1 rings (SSSR count). The first-order chi connectivity index (χ1) is 6.14. The summed E-state index contributed by atoms with van der Waals surface area (Å²) in [5.74, 6) is -0.00534. The van der Waals surface area contributed by atoms with Crippen LogP contribution in [0.25, 0.3) is 0 Å². The summed E-state index contributed by atoms with van der Waals surface area (Å²) in [6, 6.07) is 5.20. The van der Waals surface area contributed by atoms with E-state index in [-0.39, 0.29) is 18.1 Å². The van der Waals surface area contributed by atoms with Gasteiger partial charge in [0.1, 0.15) is 0 Å². The van der Waals surface area contributed by atoms with Crippen LogP contribution in [0.1, 0.15) is 5.69 Å². The summed E-state index contributed by atoms with van der Waals surface area (Å²) in [5.41, 5.74) is 5.73. The van der Waals surface area contributed by atoms with Gasteiger partial charge in [0.15, 0.2) is 9.84 Å². The highest BCUT2D eigenvalue weighted by atomic mass is 32.2. The second-order valence-electron chi connectivity index (χ2n) is 2.70. The normalized spacial score (nSPS) is 11.5. The molecular formula is C8H12N2O2S. The number of aromatic nitrogens is 1. The summed E-state index contributed by atoms with van der Waals surface area (Å²) in [4.78, 5) is 3.93. The molecule has 0 aromatic carbocycles. The minimum absolute atomic E-state index is 0.0174. The topological polar surface area (TPSA) is 73.1 Å². The predicted molar refractivity (Wildman–Crippen MR) is 50.8 cm³/mol. The minimum Gasteiger partial charge on any atom is -0.329 e. The smallest absolute Gasteiger partial charge is 0.157 e. The largest absolute Gasteiger partial charge is 0.329 e. The maximum atomic E-state index is 11.3. The van der Waals surface area contributed by atoms with Crippen LogP contribution in [0.3, 0.4) is 0 Å². The molecular weight excluding hydrogens is 188 g/mol. The Labute approximate surface area is 77.7 Å². The summed E-state index contributed by atoms with van der Waals surface area (Å²) in [5, 5.41) is 0. The molecule has 0 radical (unpaired) electrons. The zero-order valence-corrected chi connectivity index (χ0v) is 8.00. The number of sulfone groups is 1. The lowest BCUT2D eigenvalue weighted by atomic mass is 10.4. The van der Waals surface area contributed by atoms with Gasteiger partial charge in [0.25, 0.3) is 0 Å². The van der Waals surface area contributed by atoms with E-state index in [1.807, 2.05) is 0 Å². The number of hydrogen-bond donors (Lipinski definition) is 1. The third-order valence-corrected chi connectivity index (χ3v) is 3.12. The Bertz CT molecular complexity index is 348. The van der Waals surface area contributed by atoms with E-state index < -0.39 is 9.84 Å². The summed E-state index contributed by atoms with van der Waals surface area (Å²) in [6.45, 7) is 0.162. The van der Waals surface area contributed by atoms with E-state index in [2.05, 4.69) is 4.98 Å². The second-order valence-corrected chi connectivity index (χ2v) is 4.89. The number of hydrogen-bond acceptors (Lipinski definition) is 4. The summed E-state index contributed by atoms with van der Waals surface area (Å²) >= 11 is 0. The van der Waals surface area contributed by atoms with Gasteiger partial charge in [-0.1, -0.05) is 6.07 Å². The van der Waals surface area contributed by atoms with Gasteiger partial charge in [-0.2, -0.15) is 0 Å². The first-order valence-corrected chi connectivity index (χ1v) is 5.76. The number of nitrogens with two attached hydrogens (primary N) is 1. The fraction of sp³-hybridized carbons (Fsp3) is 0.375. The molecule has 4 nitrogen and oxygen atoms in total. The van der Waals surface area contributed by atoms with Crippen molar-refractivity contribution in [3.63, 3.8) is 0 Å². The van der Waals surface area contributed by atoms with Gasteiger partial charge in [-0.3, -0.25) is 4.98 Å². The molecule has 1 heterocycles. The molecule has 1 aromatic heterocycles. The van der Waals surface area contributed by atoms with Gasteiger partial charge in [0.05, 0.1) is 17.2 Å². The van der Waals surface area contributed by atoms with Crippen LogP contribution in [0.4, 0.5) is 0 Å². The monoisotopic (exact) mass is 200 g/mol. The Hall–Kier alpha value is -0.940. The molecule has 13 heavy (non-hydrogen) atoms. The zero-order valence-electron chi connectivity index (χ0n) is 7.18. The molecule has 0 saturated heterocycles. The van der Waals surface area contributed by atoms with E-state index in [1.54, 1.807) is 24.4 Å². The Balaban J connectivity index is 2.70. The Morgan fingerprint density at radius 2 is 2.15 bits per heavy atom. The van der Waals surface area contributed by atoms with Gasteiger partial charge in [-0.15, -0.1) is 0 Å². The molecule has 2 N–H and O–H groups in total. The molecule has 0 fully saturated rings. The van der Waals surface area contributed by atoms with Crippen molar-refractivity contribution in [2.24, 2.45) is 5.73 Å². The molecule has 0 aliphatic rings. The Morgan fingerprint density at radius 3 is 2.69 bits per heavy atom. The number of rotatable bonds is 4. The van der Waals surface area contributed by atoms with E-state index in [1.165, 1.54) is 0 Å². The molecule has 1 aromatic rings. The molecule has 5 heteroatoms. The highest BCUT2D eigenvalue weighted by Gasteiger charge is 2.10. The second kappa shape index (κ2) is 4.34. The first kappa shape index (κ1) is 10.1. The van der Waals surface area contributed by atoms with Crippen LogP contribution in [0, 0.1) is 0 Å². The van der Waals surface area contributed by atoms with Gasteiger partial charge in [-0.05, 0) is 12.1 Å². The third-order valence-electron chi connectivity index (χ3n) is 1.52. The van der Waals surface area contributed by atoms with Crippen molar-refractivity contribution in [2.45, 2.75) is 5.75 Å². The Morgan fingerprint density at radius 1 is 1.38 bits per heavy atom. The Kier molecular flexibility index (Phi) is 3.39. The molecule has 72 valence electrons. The van der Waals surface area contributed by atoms with Crippen molar-refractivity contribution in [3.05, 3.63) is 30.1 Å². The van der Waals surface area contributed by atoms with E-state index in [0.717, 1.165) is 0 Å². The van der Waals surface area contributed by atoms with E-state index in [0.29, 0.717) is 5.69 Å². The quantitative estimate of drug-likeness (QED) is 0.740. The standard InChI is InChI=1S/C8H12N2O2S/c9-4-6-13(11,12)7-8-3-1-2-5-10-8/h1-3,5H,4,6-7,9H2. The predicted octanol–water partition coefficient (Wildman–Crippen LogP) is -0.0449. The molecule has 0 saturated carbocycles. The molecule has 0 amide bonds. The van der Waals surface area contributed by atoms with Crippen LogP contribution in [-0.4, -0.2) is 25.7 Å². The molecule has 0 bridgehead atoms. The molecule has 0 spiro atoms. The van der Waals surface area contributed by atoms with Crippen molar-refractivity contribution in [1.29, 1.82) is 0 Å². The minimum atomic E-state index is -3.07. The van der Waals surface area contributed by atoms with Crippen molar-refractivity contribution in [2.75, 3.05) is 12.3 Å². The van der Waals surface area contributed by atoms with Gasteiger partial charge >= 0.3 is 0 Å². The zero-order chi connectivity index (χ0) is 9.73. The average molecular weight is 200 g/mol. The highest BCUT2D eigenvalue weighted by molar-refractivity contribution is 7.90. The molecule has 0 unspecified atom stereocenters. The van der Waals surface area contributed by atoms with E-state index >= 15 is 0 Å². The van der Waals surface area contributed by atoms with Gasteiger partial charge in [-0.25, -0.2) is 8.42 Å². The van der Waals surface area contributed by atoms with Crippen LogP contribution >= 0.6 is 0 Å². The number of nitrogens with zero attached hydrogens (tertiary/aromatic N) is 1. The maximum Gasteiger partial charge on any atom is 0.157 e. The lowest BCUT2D eigenvalue weighted by Crippen LogP contribution is -2.17. The van der Waals surface area contributed by atoms with Crippen LogP contribution < -0.4 is 5.73 Å². The summed E-state index contributed by atoms with van der Waals surface area (Å²) < 4.78 is 22.6. The fourth-order valence-electron chi connectivity index (χ4n) is 0.961. The SMILES string of the molecule is NCCS(=O)(=O)Cc1ccccn1. The van der Waals surface area contributed by atoms with Crippen molar-refractivity contribution in [1.82, 2.24) is 4.98 Å². The highest BCUT2D eigenvalue weighted by Crippen LogP contribution is 2.01. The third kappa shape index (κ3) is 3.52. The molecule has 0 aliphatic heterocycles. The van der Waals surface area contributed by atoms with E-state index in [9.17, 15) is 8.42 Å². The van der Waals surface area contributed by atoms with Crippen LogP contribution in [-0.2, 0) is 15.6 Å². The lowest BCUT2D eigenvalue weighted by molar-refractivity contribution is 0.594. The fourth-order valence-corrected chi connectivity index (χ4v) is 2.09. The first-order valence-electron chi connectivity index (χ1n) is 3.94. The summed E-state index contributed by atoms with van der Waals surface area (Å²) in [7, 11) is -3.07. The number of pyridine rings is 1. The van der Waals surface area contributed by atoms with Gasteiger partial charge in [0, 0.05) is 12.7 Å². The maximum absolute atomic E-state index is 11.3. The van der Waals surface area contributed by atoms with Gasteiger partial charge < -0.3 is 5.73 Å². The summed E-state index contributed by atoms with van der Waals surface area (Å²) in [6.07, 6.45) is 1.58. The van der Waals surface area contributed by atoms with Gasteiger partial charge in [0.2, 0.25) is 0 Å². The molecule has 0 aliphatic carbocycles. The lowest BCUT2D eigenvalue weighted by Gasteiger charge is -2.00. The van der Waals surface area contributed by atoms with Crippen molar-refractivity contribution in [3.8, 4) is 0 Å². The van der Waals surface area contributed by atoms with Crippen LogP contribution in [0.15, 0.2) is 24.4 Å². The average Bonchev–Trinajstić information content (AvgIpc) is 2.04. The van der Waals surface area contributed by atoms with Crippen molar-refractivity contribution < 1.29 is 8.42 Å².